The average molecular weight is 335 g/mol. The lowest BCUT2D eigenvalue weighted by Gasteiger charge is -2.07. The van der Waals surface area contributed by atoms with Crippen molar-refractivity contribution in [2.45, 2.75) is 11.8 Å². The molecule has 22 heavy (non-hydrogen) atoms. The third-order valence-corrected chi connectivity index (χ3v) is 4.03. The summed E-state index contributed by atoms with van der Waals surface area (Å²) >= 11 is 7.40. The predicted octanol–water partition coefficient (Wildman–Crippen LogP) is 4.03. The predicted molar refractivity (Wildman–Crippen MR) is 91.6 cm³/mol. The van der Waals surface area contributed by atoms with Crippen LogP contribution in [0.15, 0.2) is 53.4 Å². The quantitative estimate of drug-likeness (QED) is 0.812. The highest BCUT2D eigenvalue weighted by atomic mass is 35.5. The Morgan fingerprint density at radius 3 is 2.36 bits per heavy atom. The molecule has 114 valence electrons. The summed E-state index contributed by atoms with van der Waals surface area (Å²) in [5, 5.41) is 5.98. The lowest BCUT2D eigenvalue weighted by atomic mass is 10.3. The summed E-state index contributed by atoms with van der Waals surface area (Å²) in [6.45, 7) is 1.46. The molecule has 0 saturated carbocycles. The first-order chi connectivity index (χ1) is 10.5. The van der Waals surface area contributed by atoms with Gasteiger partial charge < -0.3 is 10.6 Å². The minimum Gasteiger partial charge on any atom is -0.326 e. The van der Waals surface area contributed by atoms with Crippen molar-refractivity contribution in [2.24, 2.45) is 0 Å². The van der Waals surface area contributed by atoms with Gasteiger partial charge in [0.2, 0.25) is 11.8 Å². The first-order valence-corrected chi connectivity index (χ1v) is 7.96. The van der Waals surface area contributed by atoms with Crippen molar-refractivity contribution in [3.05, 3.63) is 53.6 Å². The zero-order chi connectivity index (χ0) is 15.9. The van der Waals surface area contributed by atoms with Gasteiger partial charge in [-0.25, -0.2) is 0 Å². The van der Waals surface area contributed by atoms with Gasteiger partial charge in [-0.05, 0) is 36.4 Å². The number of anilines is 2. The summed E-state index contributed by atoms with van der Waals surface area (Å²) < 4.78 is 0. The van der Waals surface area contributed by atoms with Crippen LogP contribution in [0.1, 0.15) is 6.92 Å². The van der Waals surface area contributed by atoms with E-state index in [1.54, 1.807) is 24.3 Å². The van der Waals surface area contributed by atoms with Crippen LogP contribution in [-0.4, -0.2) is 17.6 Å². The summed E-state index contributed by atoms with van der Waals surface area (Å²) in [5.41, 5.74) is 1.34. The Morgan fingerprint density at radius 1 is 1.05 bits per heavy atom. The van der Waals surface area contributed by atoms with Crippen molar-refractivity contribution in [2.75, 3.05) is 16.4 Å². The molecule has 4 nitrogen and oxygen atoms in total. The molecular weight excluding hydrogens is 320 g/mol. The largest absolute Gasteiger partial charge is 0.326 e. The Balaban J connectivity index is 1.86. The molecule has 6 heteroatoms. The minimum absolute atomic E-state index is 0.112. The molecule has 0 aromatic heterocycles. The van der Waals surface area contributed by atoms with Crippen molar-refractivity contribution in [3.8, 4) is 0 Å². The van der Waals surface area contributed by atoms with Crippen molar-refractivity contribution < 1.29 is 9.59 Å². The van der Waals surface area contributed by atoms with Crippen molar-refractivity contribution >= 4 is 46.6 Å². The molecule has 0 aliphatic carbocycles. The maximum Gasteiger partial charge on any atom is 0.234 e. The molecule has 0 aliphatic rings. The fourth-order valence-corrected chi connectivity index (χ4v) is 2.62. The van der Waals surface area contributed by atoms with E-state index in [0.717, 1.165) is 10.6 Å². The van der Waals surface area contributed by atoms with E-state index in [4.69, 9.17) is 11.6 Å². The van der Waals surface area contributed by atoms with Gasteiger partial charge in [0.25, 0.3) is 0 Å². The van der Waals surface area contributed by atoms with E-state index in [2.05, 4.69) is 10.6 Å². The van der Waals surface area contributed by atoms with E-state index in [1.807, 2.05) is 24.3 Å². The molecule has 0 bridgehead atoms. The molecule has 2 aromatic carbocycles. The van der Waals surface area contributed by atoms with Gasteiger partial charge >= 0.3 is 0 Å². The van der Waals surface area contributed by atoms with Gasteiger partial charge in [-0.3, -0.25) is 9.59 Å². The highest BCUT2D eigenvalue weighted by Gasteiger charge is 2.06. The number of amides is 2. The van der Waals surface area contributed by atoms with Crippen molar-refractivity contribution in [1.29, 1.82) is 0 Å². The van der Waals surface area contributed by atoms with Crippen LogP contribution in [0.4, 0.5) is 11.4 Å². The Labute approximate surface area is 138 Å². The zero-order valence-corrected chi connectivity index (χ0v) is 13.5. The van der Waals surface area contributed by atoms with E-state index in [0.29, 0.717) is 10.7 Å². The summed E-state index contributed by atoms with van der Waals surface area (Å²) in [5.74, 6) is 0.0496. The van der Waals surface area contributed by atoms with Crippen LogP contribution >= 0.6 is 23.4 Å². The van der Waals surface area contributed by atoms with E-state index in [9.17, 15) is 9.59 Å². The molecule has 2 rings (SSSR count). The monoisotopic (exact) mass is 334 g/mol. The second kappa shape index (κ2) is 7.87. The Morgan fingerprint density at radius 2 is 1.73 bits per heavy atom. The van der Waals surface area contributed by atoms with Crippen LogP contribution in [0, 0.1) is 0 Å². The topological polar surface area (TPSA) is 58.2 Å². The van der Waals surface area contributed by atoms with Crippen LogP contribution in [-0.2, 0) is 9.59 Å². The van der Waals surface area contributed by atoms with E-state index in [-0.39, 0.29) is 17.6 Å². The number of hydrogen-bond acceptors (Lipinski definition) is 3. The fraction of sp³-hybridized carbons (Fsp3) is 0.125. The summed E-state index contributed by atoms with van der Waals surface area (Å²) in [7, 11) is 0. The minimum atomic E-state index is -0.121. The number of nitrogens with one attached hydrogen (secondary N) is 2. The normalized spacial score (nSPS) is 10.1. The maximum absolute atomic E-state index is 11.9. The van der Waals surface area contributed by atoms with Crippen LogP contribution in [0.25, 0.3) is 0 Å². The first kappa shape index (κ1) is 16.4. The number of hydrogen-bond donors (Lipinski definition) is 2. The highest BCUT2D eigenvalue weighted by molar-refractivity contribution is 8.00. The number of thioether (sulfide) groups is 1. The van der Waals surface area contributed by atoms with Gasteiger partial charge in [-0.1, -0.05) is 23.7 Å². The molecule has 0 heterocycles. The molecule has 0 unspecified atom stereocenters. The number of benzene rings is 2. The van der Waals surface area contributed by atoms with Crippen LogP contribution in [0.3, 0.4) is 0 Å². The van der Waals surface area contributed by atoms with E-state index in [1.165, 1.54) is 18.7 Å². The molecule has 0 atom stereocenters. The van der Waals surface area contributed by atoms with Gasteiger partial charge in [0.1, 0.15) is 0 Å². The zero-order valence-electron chi connectivity index (χ0n) is 11.9. The smallest absolute Gasteiger partial charge is 0.234 e. The Kier molecular flexibility index (Phi) is 5.86. The van der Waals surface area contributed by atoms with E-state index < -0.39 is 0 Å². The highest BCUT2D eigenvalue weighted by Crippen LogP contribution is 2.23. The summed E-state index contributed by atoms with van der Waals surface area (Å²) in [6.07, 6.45) is 0. The second-order valence-corrected chi connectivity index (χ2v) is 5.98. The summed E-state index contributed by atoms with van der Waals surface area (Å²) in [6, 6.07) is 14.4. The first-order valence-electron chi connectivity index (χ1n) is 6.59. The average Bonchev–Trinajstić information content (AvgIpc) is 2.48. The fourth-order valence-electron chi connectivity index (χ4n) is 1.74. The third-order valence-electron chi connectivity index (χ3n) is 2.69. The van der Waals surface area contributed by atoms with Crippen LogP contribution in [0.2, 0.25) is 5.02 Å². The molecular formula is C16H15ClN2O2S. The SMILES string of the molecule is CC(=O)Nc1ccc(SCC(=O)Nc2ccccc2Cl)cc1. The molecule has 0 fully saturated rings. The van der Waals surface area contributed by atoms with Gasteiger partial charge in [0.15, 0.2) is 0 Å². The summed E-state index contributed by atoms with van der Waals surface area (Å²) in [4.78, 5) is 23.8. The molecule has 2 N–H and O–H groups in total. The molecule has 2 amide bonds. The molecule has 0 radical (unpaired) electrons. The van der Waals surface area contributed by atoms with Crippen molar-refractivity contribution in [3.63, 3.8) is 0 Å². The maximum atomic E-state index is 11.9. The number of carbonyl (C=O) groups excluding carboxylic acids is 2. The van der Waals surface area contributed by atoms with Crippen molar-refractivity contribution in [1.82, 2.24) is 0 Å². The number of carbonyl (C=O) groups is 2. The second-order valence-electron chi connectivity index (χ2n) is 4.52. The number of para-hydroxylation sites is 1. The molecule has 0 aliphatic heterocycles. The third kappa shape index (κ3) is 5.09. The van der Waals surface area contributed by atoms with E-state index >= 15 is 0 Å². The Hall–Kier alpha value is -1.98. The standard InChI is InChI=1S/C16H15ClN2O2S/c1-11(20)18-12-6-8-13(9-7-12)22-10-16(21)19-15-5-3-2-4-14(15)17/h2-9H,10H2,1H3,(H,18,20)(H,19,21). The van der Waals surface area contributed by atoms with Crippen LogP contribution < -0.4 is 10.6 Å². The lowest BCUT2D eigenvalue weighted by molar-refractivity contribution is -0.114. The van der Waals surface area contributed by atoms with Gasteiger partial charge in [-0.2, -0.15) is 0 Å². The van der Waals surface area contributed by atoms with Gasteiger partial charge in [-0.15, -0.1) is 11.8 Å². The number of rotatable bonds is 5. The van der Waals surface area contributed by atoms with Gasteiger partial charge in [0, 0.05) is 17.5 Å². The molecule has 2 aromatic rings. The lowest BCUT2D eigenvalue weighted by Crippen LogP contribution is -2.14. The number of halogens is 1. The van der Waals surface area contributed by atoms with Crippen LogP contribution in [0.5, 0.6) is 0 Å². The molecule has 0 spiro atoms. The molecule has 0 saturated heterocycles. The van der Waals surface area contributed by atoms with Gasteiger partial charge in [0.05, 0.1) is 16.5 Å². The Bertz CT molecular complexity index is 674.